The molecule has 0 amide bonds. The van der Waals surface area contributed by atoms with E-state index in [1.54, 1.807) is 0 Å². The fourth-order valence-electron chi connectivity index (χ4n) is 0.973. The second-order valence-electron chi connectivity index (χ2n) is 2.94. The minimum Gasteiger partial charge on any atom is -1.00 e. The van der Waals surface area contributed by atoms with Crippen LogP contribution in [0.25, 0.3) is 0 Å². The quantitative estimate of drug-likeness (QED) is 0.320. The Hall–Kier alpha value is -0.180. The first-order valence-electron chi connectivity index (χ1n) is 4.30. The molecule has 0 aromatic heterocycles. The molecule has 0 bridgehead atoms. The minimum absolute atomic E-state index is 0. The zero-order valence-electron chi connectivity index (χ0n) is 10.00. The minimum atomic E-state index is -1.17. The zero-order chi connectivity index (χ0) is 11.8. The van der Waals surface area contributed by atoms with Gasteiger partial charge < -0.3 is 26.6 Å². The fraction of sp³-hybridized carbons (Fsp3) is 0.750. The van der Waals surface area contributed by atoms with Gasteiger partial charge in [0.15, 0.2) is 0 Å². The molecule has 16 heavy (non-hydrogen) atoms. The molecule has 0 spiro atoms. The maximum absolute atomic E-state index is 10.3. The van der Waals surface area contributed by atoms with Crippen LogP contribution in [0, 0.1) is 0 Å². The fourth-order valence-corrected chi connectivity index (χ4v) is 0.973. The molecule has 0 aromatic rings. The van der Waals surface area contributed by atoms with Crippen LogP contribution in [-0.4, -0.2) is 57.8 Å². The largest absolute Gasteiger partial charge is 1.00 e. The van der Waals surface area contributed by atoms with Gasteiger partial charge in [-0.1, -0.05) is 0 Å². The number of carboxylic acid groups (broad SMARTS) is 2. The van der Waals surface area contributed by atoms with E-state index in [0.717, 1.165) is 0 Å². The van der Waals surface area contributed by atoms with Crippen LogP contribution in [0.1, 0.15) is 14.3 Å². The Bertz CT molecular complexity index is 204. The Labute approximate surface area is 116 Å². The number of rotatable bonds is 8. The number of ether oxygens (including phenoxy) is 1. The van der Waals surface area contributed by atoms with Crippen LogP contribution in [0.5, 0.6) is 0 Å². The molecule has 0 fully saturated rings. The van der Waals surface area contributed by atoms with Gasteiger partial charge >= 0.3 is 41.5 Å². The van der Waals surface area contributed by atoms with Crippen molar-refractivity contribution in [2.75, 3.05) is 13.2 Å². The second-order valence-corrected chi connectivity index (χ2v) is 2.94. The Morgan fingerprint density at radius 2 is 1.31 bits per heavy atom. The van der Waals surface area contributed by atoms with Crippen LogP contribution in [0.15, 0.2) is 0 Å². The van der Waals surface area contributed by atoms with Crippen molar-refractivity contribution in [3.63, 3.8) is 0 Å². The summed E-state index contributed by atoms with van der Waals surface area (Å²) in [5.41, 5.74) is 0. The number of carboxylic acids is 2. The van der Waals surface area contributed by atoms with Crippen molar-refractivity contribution >= 4 is 11.9 Å². The smallest absolute Gasteiger partial charge is 1.00 e. The summed E-state index contributed by atoms with van der Waals surface area (Å²) in [4.78, 5) is 20.6. The third-order valence-electron chi connectivity index (χ3n) is 1.60. The van der Waals surface area contributed by atoms with E-state index < -0.39 is 50.2 Å². The van der Waals surface area contributed by atoms with E-state index in [9.17, 15) is 9.59 Å². The Morgan fingerprint density at radius 1 is 1.00 bits per heavy atom. The summed E-state index contributed by atoms with van der Waals surface area (Å²) < 4.78 is 4.91. The van der Waals surface area contributed by atoms with Gasteiger partial charge in [-0.15, -0.1) is 0 Å². The molecule has 0 aliphatic heterocycles. The predicted octanol–water partition coefficient (Wildman–Crippen LogP) is -4.21. The molecule has 7 nitrogen and oxygen atoms in total. The van der Waals surface area contributed by atoms with Crippen LogP contribution < -0.4 is 29.6 Å². The summed E-state index contributed by atoms with van der Waals surface area (Å²) in [6, 6.07) is 0. The van der Waals surface area contributed by atoms with Crippen molar-refractivity contribution in [1.82, 2.24) is 0 Å². The van der Waals surface area contributed by atoms with Crippen LogP contribution in [0.3, 0.4) is 0 Å². The Balaban J connectivity index is -0.000000980. The standard InChI is InChI=1S/C8H14O7.Na.H/c9-3-5(1-7(11)12)15-6(4-10)2-8(13)14;;/h5-6,9-10H,1-4H2,(H,11,12)(H,13,14);;/q;+1;-1. The first-order chi connectivity index (χ1) is 6.99. The summed E-state index contributed by atoms with van der Waals surface area (Å²) in [6.45, 7) is -1.08. The first kappa shape index (κ1) is 18.2. The first-order valence-corrected chi connectivity index (χ1v) is 4.30. The van der Waals surface area contributed by atoms with Crippen molar-refractivity contribution in [3.05, 3.63) is 0 Å². The van der Waals surface area contributed by atoms with E-state index in [2.05, 4.69) is 0 Å². The van der Waals surface area contributed by atoms with Gasteiger partial charge in [-0.2, -0.15) is 0 Å². The summed E-state index contributed by atoms with van der Waals surface area (Å²) >= 11 is 0. The molecule has 0 heterocycles. The number of hydrogen-bond donors (Lipinski definition) is 4. The molecule has 4 N–H and O–H groups in total. The van der Waals surface area contributed by atoms with E-state index in [0.29, 0.717) is 0 Å². The van der Waals surface area contributed by atoms with Crippen molar-refractivity contribution in [2.24, 2.45) is 0 Å². The Morgan fingerprint density at radius 3 is 1.50 bits per heavy atom. The van der Waals surface area contributed by atoms with Gasteiger partial charge in [0.05, 0.1) is 38.3 Å². The van der Waals surface area contributed by atoms with Crippen molar-refractivity contribution in [1.29, 1.82) is 0 Å². The van der Waals surface area contributed by atoms with Crippen molar-refractivity contribution in [3.8, 4) is 0 Å². The third-order valence-corrected chi connectivity index (χ3v) is 1.60. The van der Waals surface area contributed by atoms with Crippen molar-refractivity contribution in [2.45, 2.75) is 25.0 Å². The molecular formula is C8H15NaO7. The molecule has 2 atom stereocenters. The van der Waals surface area contributed by atoms with Crippen LogP contribution in [0.4, 0.5) is 0 Å². The van der Waals surface area contributed by atoms with Gasteiger partial charge in [0, 0.05) is 0 Å². The zero-order valence-corrected chi connectivity index (χ0v) is 11.0. The molecule has 0 saturated heterocycles. The molecule has 0 rings (SSSR count). The SMILES string of the molecule is O=C(O)CC(CO)OC(CO)CC(=O)O.[H-].[Na+]. The summed E-state index contributed by atoms with van der Waals surface area (Å²) in [7, 11) is 0. The van der Waals surface area contributed by atoms with Gasteiger partial charge in [0.2, 0.25) is 0 Å². The van der Waals surface area contributed by atoms with Crippen LogP contribution >= 0.6 is 0 Å². The average Bonchev–Trinajstić information content (AvgIpc) is 2.14. The van der Waals surface area contributed by atoms with Crippen LogP contribution in [-0.2, 0) is 14.3 Å². The normalized spacial score (nSPS) is 13.6. The number of aliphatic hydroxyl groups excluding tert-OH is 2. The topological polar surface area (TPSA) is 124 Å². The molecule has 0 aromatic carbocycles. The van der Waals surface area contributed by atoms with Crippen LogP contribution in [0.2, 0.25) is 0 Å². The van der Waals surface area contributed by atoms with Gasteiger partial charge in [0.25, 0.3) is 0 Å². The maximum atomic E-state index is 10.3. The molecule has 0 aliphatic rings. The molecular weight excluding hydrogens is 231 g/mol. The number of aliphatic carboxylic acids is 2. The van der Waals surface area contributed by atoms with E-state index in [1.807, 2.05) is 0 Å². The molecule has 8 heteroatoms. The van der Waals surface area contributed by atoms with E-state index >= 15 is 0 Å². The van der Waals surface area contributed by atoms with Gasteiger partial charge in [-0.05, 0) is 0 Å². The maximum Gasteiger partial charge on any atom is 1.00 e. The van der Waals surface area contributed by atoms with Gasteiger partial charge in [-0.25, -0.2) is 0 Å². The summed E-state index contributed by atoms with van der Waals surface area (Å²) in [6.07, 6.45) is -2.88. The monoisotopic (exact) mass is 246 g/mol. The number of carbonyl (C=O) groups is 2. The second kappa shape index (κ2) is 10.0. The average molecular weight is 246 g/mol. The number of aliphatic hydroxyl groups is 2. The molecule has 0 radical (unpaired) electrons. The number of hydrogen-bond acceptors (Lipinski definition) is 5. The van der Waals surface area contributed by atoms with Gasteiger partial charge in [-0.3, -0.25) is 9.59 Å². The molecule has 90 valence electrons. The van der Waals surface area contributed by atoms with E-state index in [-0.39, 0.29) is 31.0 Å². The molecule has 0 saturated carbocycles. The summed E-state index contributed by atoms with van der Waals surface area (Å²) in [5, 5.41) is 34.3. The predicted molar refractivity (Wildman–Crippen MR) is 48.5 cm³/mol. The summed E-state index contributed by atoms with van der Waals surface area (Å²) in [5.74, 6) is -2.33. The van der Waals surface area contributed by atoms with Crippen molar-refractivity contribution < 1.29 is 65.7 Å². The third kappa shape index (κ3) is 9.08. The molecule has 0 aliphatic carbocycles. The van der Waals surface area contributed by atoms with E-state index in [4.69, 9.17) is 25.2 Å². The van der Waals surface area contributed by atoms with Gasteiger partial charge in [0.1, 0.15) is 0 Å². The molecule has 2 unspecified atom stereocenters. The van der Waals surface area contributed by atoms with E-state index in [1.165, 1.54) is 0 Å². The Kier molecular flexibility index (Phi) is 11.4.